The number of pyridine rings is 2. The highest BCUT2D eigenvalue weighted by Gasteiger charge is 2.30. The zero-order chi connectivity index (χ0) is 13.3. The molecule has 1 aliphatic rings. The summed E-state index contributed by atoms with van der Waals surface area (Å²) in [4.78, 5) is 0. The Kier molecular flexibility index (Phi) is 1.72. The number of aryl methyl sites for hydroxylation is 1. The van der Waals surface area contributed by atoms with Crippen LogP contribution in [-0.2, 0) is 13.6 Å². The quantitative estimate of drug-likeness (QED) is 0.298. The molecule has 2 heteroatoms. The molecule has 0 atom stereocenters. The molecule has 0 fully saturated rings. The Hall–Kier alpha value is -2.48. The van der Waals surface area contributed by atoms with Crippen LogP contribution in [0.1, 0.15) is 5.56 Å². The van der Waals surface area contributed by atoms with Gasteiger partial charge in [0.15, 0.2) is 18.9 Å². The summed E-state index contributed by atoms with van der Waals surface area (Å²) in [6.07, 6.45) is 4.37. The van der Waals surface area contributed by atoms with Crippen LogP contribution in [0.3, 0.4) is 0 Å². The van der Waals surface area contributed by atoms with Crippen LogP contribution in [0.4, 0.5) is 0 Å². The fourth-order valence-electron chi connectivity index (χ4n) is 3.70. The van der Waals surface area contributed by atoms with Gasteiger partial charge in [-0.3, -0.25) is 0 Å². The molecule has 1 aliphatic heterocycles. The average molecular weight is 258 g/mol. The van der Waals surface area contributed by atoms with Gasteiger partial charge in [0.1, 0.15) is 12.4 Å². The summed E-state index contributed by atoms with van der Waals surface area (Å²) < 4.78 is 4.63. The number of rotatable bonds is 0. The number of fused-ring (bicyclic) bond motifs is 3. The van der Waals surface area contributed by atoms with Gasteiger partial charge in [-0.05, 0) is 12.1 Å². The first-order chi connectivity index (χ1) is 9.84. The molecule has 2 aromatic heterocycles. The average Bonchev–Trinajstić information content (AvgIpc) is 2.86. The second kappa shape index (κ2) is 3.34. The minimum Gasteiger partial charge on any atom is -0.200 e. The van der Waals surface area contributed by atoms with Crippen LogP contribution in [0.2, 0.25) is 0 Å². The maximum absolute atomic E-state index is 2.37. The molecular weight excluding hydrogens is 244 g/mol. The third kappa shape index (κ3) is 1.06. The first-order valence-electron chi connectivity index (χ1n) is 6.99. The van der Waals surface area contributed by atoms with E-state index >= 15 is 0 Å². The first-order valence-corrected chi connectivity index (χ1v) is 6.99. The van der Waals surface area contributed by atoms with Gasteiger partial charge < -0.3 is 0 Å². The molecule has 4 aromatic rings. The van der Waals surface area contributed by atoms with E-state index in [9.17, 15) is 0 Å². The highest BCUT2D eigenvalue weighted by atomic mass is 15.0. The topological polar surface area (TPSA) is 7.76 Å². The van der Waals surface area contributed by atoms with Gasteiger partial charge in [0.05, 0.1) is 10.8 Å². The molecule has 0 radical (unpaired) electrons. The Morgan fingerprint density at radius 1 is 0.800 bits per heavy atom. The van der Waals surface area contributed by atoms with E-state index < -0.39 is 0 Å². The van der Waals surface area contributed by atoms with Crippen LogP contribution >= 0.6 is 0 Å². The van der Waals surface area contributed by atoms with Gasteiger partial charge in [0.25, 0.3) is 0 Å². The number of nitrogens with zero attached hydrogens (tertiary/aromatic N) is 2. The molecule has 0 N–H and O–H groups in total. The summed E-state index contributed by atoms with van der Waals surface area (Å²) in [6, 6.07) is 15.4. The van der Waals surface area contributed by atoms with Crippen molar-refractivity contribution in [2.45, 2.75) is 6.54 Å². The van der Waals surface area contributed by atoms with Gasteiger partial charge in [-0.1, -0.05) is 18.2 Å². The number of hydrogen-bond donors (Lipinski definition) is 0. The van der Waals surface area contributed by atoms with Crippen molar-refractivity contribution in [2.75, 3.05) is 0 Å². The first kappa shape index (κ1) is 10.3. The lowest BCUT2D eigenvalue weighted by atomic mass is 9.99. The molecule has 0 aliphatic carbocycles. The molecule has 0 unspecified atom stereocenters. The van der Waals surface area contributed by atoms with Crippen molar-refractivity contribution in [1.82, 2.24) is 0 Å². The van der Waals surface area contributed by atoms with E-state index in [-0.39, 0.29) is 0 Å². The number of hydrogen-bond acceptors (Lipinski definition) is 0. The van der Waals surface area contributed by atoms with Crippen molar-refractivity contribution in [1.29, 1.82) is 0 Å². The molecule has 0 saturated carbocycles. The van der Waals surface area contributed by atoms with E-state index in [2.05, 4.69) is 71.0 Å². The molecular formula is C18H14N2+2. The van der Waals surface area contributed by atoms with Crippen molar-refractivity contribution in [3.8, 4) is 0 Å². The molecule has 94 valence electrons. The number of aromatic nitrogens is 2. The summed E-state index contributed by atoms with van der Waals surface area (Å²) in [5.74, 6) is 0. The van der Waals surface area contributed by atoms with E-state index in [1.165, 1.54) is 38.1 Å². The normalized spacial score (nSPS) is 13.1. The van der Waals surface area contributed by atoms with Gasteiger partial charge in [0.2, 0.25) is 11.0 Å². The van der Waals surface area contributed by atoms with E-state index in [1.54, 1.807) is 0 Å². The molecule has 20 heavy (non-hydrogen) atoms. The molecule has 0 spiro atoms. The minimum atomic E-state index is 0.986. The Balaban J connectivity index is 2.29. The monoisotopic (exact) mass is 258 g/mol. The summed E-state index contributed by atoms with van der Waals surface area (Å²) in [5, 5.41) is 5.47. The fraction of sp³-hybridized carbons (Fsp3) is 0.111. The largest absolute Gasteiger partial charge is 0.228 e. The Morgan fingerprint density at radius 2 is 1.55 bits per heavy atom. The van der Waals surface area contributed by atoms with E-state index in [1.807, 2.05) is 0 Å². The SMILES string of the molecule is C[n+]1ccc2c3c1c1ccccc1c1ccc[n+](c13)C2. The molecule has 2 nitrogen and oxygen atoms in total. The molecule has 5 rings (SSSR count). The Labute approximate surface area is 116 Å². The highest BCUT2D eigenvalue weighted by Crippen LogP contribution is 2.35. The van der Waals surface area contributed by atoms with Crippen LogP contribution in [0, 0.1) is 0 Å². The van der Waals surface area contributed by atoms with Crippen LogP contribution in [0.25, 0.3) is 32.6 Å². The van der Waals surface area contributed by atoms with Gasteiger partial charge in [-0.15, -0.1) is 0 Å². The van der Waals surface area contributed by atoms with Crippen molar-refractivity contribution in [3.05, 3.63) is 60.4 Å². The minimum absolute atomic E-state index is 0.986. The highest BCUT2D eigenvalue weighted by molar-refractivity contribution is 6.22. The van der Waals surface area contributed by atoms with Crippen LogP contribution in [-0.4, -0.2) is 0 Å². The van der Waals surface area contributed by atoms with E-state index in [0.29, 0.717) is 0 Å². The Morgan fingerprint density at radius 3 is 2.45 bits per heavy atom. The van der Waals surface area contributed by atoms with Crippen LogP contribution in [0.5, 0.6) is 0 Å². The fourth-order valence-corrected chi connectivity index (χ4v) is 3.70. The second-order valence-electron chi connectivity index (χ2n) is 5.62. The third-order valence-corrected chi connectivity index (χ3v) is 4.53. The van der Waals surface area contributed by atoms with Gasteiger partial charge in [-0.25, -0.2) is 4.57 Å². The standard InChI is InChI=1S/C18H14N2/c1-19-10-8-12-11-20-9-4-7-15-13-5-2-3-6-14(13)17(19)16(12)18(15)20/h2-10H,11H2,1H3/q+2. The summed E-state index contributed by atoms with van der Waals surface area (Å²) in [5.41, 5.74) is 4.16. The maximum Gasteiger partial charge on any atom is 0.228 e. The lowest BCUT2D eigenvalue weighted by molar-refractivity contribution is -0.657. The predicted octanol–water partition coefficient (Wildman–Crippen LogP) is 2.62. The molecule has 0 saturated heterocycles. The zero-order valence-electron chi connectivity index (χ0n) is 11.3. The molecule has 2 aromatic carbocycles. The van der Waals surface area contributed by atoms with E-state index in [4.69, 9.17) is 0 Å². The van der Waals surface area contributed by atoms with Crippen LogP contribution < -0.4 is 9.13 Å². The van der Waals surface area contributed by atoms with Gasteiger partial charge in [-0.2, -0.15) is 4.57 Å². The summed E-state index contributed by atoms with van der Waals surface area (Å²) in [7, 11) is 2.14. The van der Waals surface area contributed by atoms with Crippen LogP contribution in [0.15, 0.2) is 54.9 Å². The maximum atomic E-state index is 2.37. The van der Waals surface area contributed by atoms with Gasteiger partial charge in [0, 0.05) is 23.1 Å². The van der Waals surface area contributed by atoms with Crippen molar-refractivity contribution < 1.29 is 9.13 Å². The van der Waals surface area contributed by atoms with Crippen molar-refractivity contribution in [3.63, 3.8) is 0 Å². The molecule has 0 amide bonds. The summed E-state index contributed by atoms with van der Waals surface area (Å²) >= 11 is 0. The van der Waals surface area contributed by atoms with E-state index in [0.717, 1.165) is 6.54 Å². The van der Waals surface area contributed by atoms with Gasteiger partial charge >= 0.3 is 0 Å². The Bertz CT molecular complexity index is 1020. The number of benzene rings is 2. The predicted molar refractivity (Wildman–Crippen MR) is 79.4 cm³/mol. The van der Waals surface area contributed by atoms with Crippen molar-refractivity contribution in [2.24, 2.45) is 7.05 Å². The van der Waals surface area contributed by atoms with Crippen molar-refractivity contribution >= 4 is 32.6 Å². The summed E-state index contributed by atoms with van der Waals surface area (Å²) in [6.45, 7) is 0.986. The molecule has 3 heterocycles. The molecule has 0 bridgehead atoms. The second-order valence-corrected chi connectivity index (χ2v) is 5.62. The smallest absolute Gasteiger partial charge is 0.200 e. The third-order valence-electron chi connectivity index (χ3n) is 4.53. The lowest BCUT2D eigenvalue weighted by Crippen LogP contribution is -2.30. The lowest BCUT2D eigenvalue weighted by Gasteiger charge is -2.03. The zero-order valence-corrected chi connectivity index (χ0v) is 11.3.